The molecule has 0 spiro atoms. The van der Waals surface area contributed by atoms with Crippen molar-refractivity contribution in [3.05, 3.63) is 68.4 Å². The van der Waals surface area contributed by atoms with E-state index in [4.69, 9.17) is 21.3 Å². The summed E-state index contributed by atoms with van der Waals surface area (Å²) in [4.78, 5) is 33.5. The second-order valence-electron chi connectivity index (χ2n) is 10.9. The molecule has 2 aromatic carbocycles. The fourth-order valence-corrected chi connectivity index (χ4v) is 6.41. The molecular weight excluding hydrogens is 617 g/mol. The first kappa shape index (κ1) is 30.6. The van der Waals surface area contributed by atoms with Crippen molar-refractivity contribution in [2.24, 2.45) is 0 Å². The van der Waals surface area contributed by atoms with Gasteiger partial charge in [-0.15, -0.1) is 0 Å². The van der Waals surface area contributed by atoms with Crippen molar-refractivity contribution in [2.75, 3.05) is 36.0 Å². The van der Waals surface area contributed by atoms with E-state index in [9.17, 15) is 14.0 Å². The van der Waals surface area contributed by atoms with Gasteiger partial charge in [0.15, 0.2) is 0 Å². The van der Waals surface area contributed by atoms with E-state index < -0.39 is 17.3 Å². The first-order chi connectivity index (χ1) is 18.9. The fraction of sp³-hybridized carbons (Fsp3) is 0.433. The van der Waals surface area contributed by atoms with Crippen molar-refractivity contribution in [1.82, 2.24) is 10.3 Å². The molecular formula is C30H34BrClFN3O3S. The van der Waals surface area contributed by atoms with Crippen LogP contribution < -0.4 is 10.2 Å². The number of aromatic nitrogens is 1. The van der Waals surface area contributed by atoms with Crippen LogP contribution in [0.1, 0.15) is 61.0 Å². The Morgan fingerprint density at radius 3 is 2.62 bits per heavy atom. The van der Waals surface area contributed by atoms with E-state index in [0.717, 1.165) is 51.4 Å². The van der Waals surface area contributed by atoms with Gasteiger partial charge >= 0.3 is 5.97 Å². The van der Waals surface area contributed by atoms with Crippen molar-refractivity contribution in [1.29, 1.82) is 0 Å². The van der Waals surface area contributed by atoms with Crippen LogP contribution in [0.2, 0.25) is 5.02 Å². The summed E-state index contributed by atoms with van der Waals surface area (Å²) in [5.41, 5.74) is 2.02. The maximum atomic E-state index is 14.2. The Morgan fingerprint density at radius 1 is 1.20 bits per heavy atom. The molecule has 214 valence electrons. The van der Waals surface area contributed by atoms with Gasteiger partial charge in [-0.2, -0.15) is 11.8 Å². The molecule has 0 bridgehead atoms. The molecule has 10 heteroatoms. The first-order valence-corrected chi connectivity index (χ1v) is 15.6. The third-order valence-corrected chi connectivity index (χ3v) is 8.51. The van der Waals surface area contributed by atoms with Gasteiger partial charge in [-0.1, -0.05) is 27.5 Å². The predicted molar refractivity (Wildman–Crippen MR) is 165 cm³/mol. The molecule has 1 unspecified atom stereocenters. The van der Waals surface area contributed by atoms with Gasteiger partial charge in [-0.3, -0.25) is 9.59 Å². The normalized spacial score (nSPS) is 14.7. The van der Waals surface area contributed by atoms with Gasteiger partial charge < -0.3 is 15.0 Å². The number of ether oxygens (including phenoxy) is 1. The number of thioether (sulfide) groups is 1. The Bertz CT molecular complexity index is 1410. The molecule has 6 nitrogen and oxygen atoms in total. The Balaban J connectivity index is 1.64. The summed E-state index contributed by atoms with van der Waals surface area (Å²) in [5.74, 6) is 1.38. The number of amides is 1. The van der Waals surface area contributed by atoms with Gasteiger partial charge in [0.2, 0.25) is 0 Å². The molecule has 3 aromatic rings. The summed E-state index contributed by atoms with van der Waals surface area (Å²) in [5, 5.41) is 4.18. The van der Waals surface area contributed by atoms with Crippen LogP contribution in [0.15, 0.2) is 40.9 Å². The molecule has 1 saturated heterocycles. The molecule has 1 aliphatic heterocycles. The third kappa shape index (κ3) is 7.68. The van der Waals surface area contributed by atoms with Crippen molar-refractivity contribution in [3.8, 4) is 0 Å². The summed E-state index contributed by atoms with van der Waals surface area (Å²) in [7, 11) is 0. The zero-order valence-corrected chi connectivity index (χ0v) is 26.3. The lowest BCUT2D eigenvalue weighted by molar-refractivity contribution is -0.155. The van der Waals surface area contributed by atoms with Crippen molar-refractivity contribution >= 4 is 67.9 Å². The van der Waals surface area contributed by atoms with E-state index >= 15 is 0 Å². The first-order valence-electron chi connectivity index (χ1n) is 13.3. The highest BCUT2D eigenvalue weighted by Crippen LogP contribution is 2.33. The Labute approximate surface area is 252 Å². The molecule has 1 fully saturated rings. The highest BCUT2D eigenvalue weighted by molar-refractivity contribution is 9.10. The lowest BCUT2D eigenvalue weighted by Gasteiger charge is -2.30. The van der Waals surface area contributed by atoms with Gasteiger partial charge in [-0.05, 0) is 76.1 Å². The number of hydrogen-bond acceptors (Lipinski definition) is 6. The number of esters is 1. The summed E-state index contributed by atoms with van der Waals surface area (Å²) < 4.78 is 20.5. The van der Waals surface area contributed by atoms with Gasteiger partial charge in [-0.25, -0.2) is 9.37 Å². The van der Waals surface area contributed by atoms with Crippen LogP contribution in [0, 0.1) is 12.7 Å². The third-order valence-electron chi connectivity index (χ3n) is 6.73. The number of rotatable bonds is 8. The Kier molecular flexibility index (Phi) is 10.0. The number of halogens is 3. The van der Waals surface area contributed by atoms with Crippen LogP contribution in [0.4, 0.5) is 10.2 Å². The van der Waals surface area contributed by atoms with Crippen LogP contribution in [0.25, 0.3) is 10.9 Å². The topological polar surface area (TPSA) is 71.5 Å². The predicted octanol–water partition coefficient (Wildman–Crippen LogP) is 7.29. The summed E-state index contributed by atoms with van der Waals surface area (Å²) >= 11 is 11.9. The SMILES string of the molecule is Cc1c(N2CCSCC2)nc2ccc(Br)cc2c1C(=O)NCC(CCC(=O)OC(C)(C)C)c1cc(F)ccc1Cl. The summed E-state index contributed by atoms with van der Waals surface area (Å²) in [6.07, 6.45) is 0.433. The summed E-state index contributed by atoms with van der Waals surface area (Å²) in [6, 6.07) is 9.89. The van der Waals surface area contributed by atoms with Crippen LogP contribution in [-0.4, -0.2) is 53.6 Å². The second kappa shape index (κ2) is 13.1. The Morgan fingerprint density at radius 2 is 1.93 bits per heavy atom. The molecule has 1 atom stereocenters. The van der Waals surface area contributed by atoms with E-state index in [1.54, 1.807) is 0 Å². The summed E-state index contributed by atoms with van der Waals surface area (Å²) in [6.45, 7) is 9.26. The maximum absolute atomic E-state index is 14.2. The molecule has 4 rings (SSSR count). The number of nitrogens with one attached hydrogen (secondary N) is 1. The van der Waals surface area contributed by atoms with Crippen LogP contribution >= 0.6 is 39.3 Å². The smallest absolute Gasteiger partial charge is 0.306 e. The number of fused-ring (bicyclic) bond motifs is 1. The Hall–Kier alpha value is -2.36. The van der Waals surface area contributed by atoms with Crippen molar-refractivity contribution < 1.29 is 18.7 Å². The average Bonchev–Trinajstić information content (AvgIpc) is 2.89. The average molecular weight is 651 g/mol. The monoisotopic (exact) mass is 649 g/mol. The standard InChI is InChI=1S/C30H34BrClFN3O3S/c1-18-27(23-15-20(31)6-9-25(23)35-28(18)36-11-13-40-14-12-36)29(38)34-17-19(5-10-26(37)39-30(2,3)4)22-16-21(33)7-8-24(22)32/h6-9,15-16,19H,5,10-14,17H2,1-4H3,(H,34,38). The number of anilines is 1. The highest BCUT2D eigenvalue weighted by Gasteiger charge is 2.25. The molecule has 1 N–H and O–H groups in total. The molecule has 1 amide bonds. The quantitative estimate of drug-likeness (QED) is 0.258. The van der Waals surface area contributed by atoms with Crippen LogP contribution in [0.3, 0.4) is 0 Å². The van der Waals surface area contributed by atoms with Gasteiger partial charge in [0, 0.05) is 63.9 Å². The number of benzene rings is 2. The lowest BCUT2D eigenvalue weighted by atomic mass is 9.93. The zero-order valence-electron chi connectivity index (χ0n) is 23.2. The molecule has 0 saturated carbocycles. The van der Waals surface area contributed by atoms with E-state index in [1.807, 2.05) is 57.7 Å². The minimum absolute atomic E-state index is 0.103. The van der Waals surface area contributed by atoms with Crippen LogP contribution in [-0.2, 0) is 9.53 Å². The minimum atomic E-state index is -0.615. The molecule has 40 heavy (non-hydrogen) atoms. The van der Waals surface area contributed by atoms with Crippen molar-refractivity contribution in [3.63, 3.8) is 0 Å². The molecule has 1 aliphatic rings. The van der Waals surface area contributed by atoms with E-state index in [0.29, 0.717) is 22.6 Å². The number of carbonyl (C=O) groups is 2. The molecule has 2 heterocycles. The largest absolute Gasteiger partial charge is 0.460 e. The second-order valence-corrected chi connectivity index (χ2v) is 13.4. The van der Waals surface area contributed by atoms with E-state index in [1.165, 1.54) is 18.2 Å². The van der Waals surface area contributed by atoms with Gasteiger partial charge in [0.25, 0.3) is 5.91 Å². The highest BCUT2D eigenvalue weighted by atomic mass is 79.9. The number of carbonyl (C=O) groups excluding carboxylic acids is 2. The number of hydrogen-bond donors (Lipinski definition) is 1. The van der Waals surface area contributed by atoms with Gasteiger partial charge in [0.05, 0.1) is 11.1 Å². The van der Waals surface area contributed by atoms with E-state index in [2.05, 4.69) is 26.1 Å². The molecule has 1 aromatic heterocycles. The molecule has 0 aliphatic carbocycles. The fourth-order valence-electron chi connectivity index (χ4n) is 4.88. The van der Waals surface area contributed by atoms with Crippen molar-refractivity contribution in [2.45, 2.75) is 52.1 Å². The zero-order chi connectivity index (χ0) is 29.0. The number of pyridine rings is 1. The van der Waals surface area contributed by atoms with Gasteiger partial charge in [0.1, 0.15) is 17.2 Å². The minimum Gasteiger partial charge on any atom is -0.460 e. The maximum Gasteiger partial charge on any atom is 0.306 e. The van der Waals surface area contributed by atoms with E-state index in [-0.39, 0.29) is 24.8 Å². The molecule has 0 radical (unpaired) electrons. The number of nitrogens with zero attached hydrogens (tertiary/aromatic N) is 2. The van der Waals surface area contributed by atoms with Crippen LogP contribution in [0.5, 0.6) is 0 Å². The lowest BCUT2D eigenvalue weighted by Crippen LogP contribution is -2.35.